The normalized spacial score (nSPS) is 12.2. The molecule has 30 heavy (non-hydrogen) atoms. The van der Waals surface area contributed by atoms with E-state index in [4.69, 9.17) is 23.2 Å². The molecule has 0 saturated carbocycles. The van der Waals surface area contributed by atoms with Gasteiger partial charge in [-0.15, -0.1) is 0 Å². The third kappa shape index (κ3) is 6.10. The fourth-order valence-corrected chi connectivity index (χ4v) is 3.96. The highest BCUT2D eigenvalue weighted by atomic mass is 35.5. The smallest absolute Gasteiger partial charge is 0.244 e. The van der Waals surface area contributed by atoms with Crippen LogP contribution in [0.4, 0.5) is 5.69 Å². The van der Waals surface area contributed by atoms with Crippen molar-refractivity contribution in [2.75, 3.05) is 24.2 Å². The molecule has 7 nitrogen and oxygen atoms in total. The van der Waals surface area contributed by atoms with Crippen molar-refractivity contribution in [3.8, 4) is 0 Å². The highest BCUT2D eigenvalue weighted by Gasteiger charge is 2.29. The summed E-state index contributed by atoms with van der Waals surface area (Å²) in [5.74, 6) is -0.897. The monoisotopic (exact) mass is 471 g/mol. The summed E-state index contributed by atoms with van der Waals surface area (Å²) in [5, 5.41) is 2.94. The maximum Gasteiger partial charge on any atom is 0.244 e. The minimum atomic E-state index is -3.82. The number of halogens is 2. The minimum absolute atomic E-state index is 0.146. The van der Waals surface area contributed by atoms with Gasteiger partial charge in [0, 0.05) is 13.6 Å². The largest absolute Gasteiger partial charge is 0.357 e. The Morgan fingerprint density at radius 2 is 1.70 bits per heavy atom. The number of sulfonamides is 1. The number of carbonyl (C=O) groups excluding carboxylic acids is 2. The number of hydrogen-bond donors (Lipinski definition) is 1. The van der Waals surface area contributed by atoms with Crippen LogP contribution in [-0.2, 0) is 26.2 Å². The van der Waals surface area contributed by atoms with Gasteiger partial charge in [0.2, 0.25) is 21.8 Å². The van der Waals surface area contributed by atoms with Gasteiger partial charge in [-0.1, -0.05) is 53.5 Å². The van der Waals surface area contributed by atoms with E-state index in [0.717, 1.165) is 16.1 Å². The molecule has 0 heterocycles. The van der Waals surface area contributed by atoms with Crippen LogP contribution in [-0.4, -0.2) is 51.0 Å². The quantitative estimate of drug-likeness (QED) is 0.640. The van der Waals surface area contributed by atoms with Gasteiger partial charge in [-0.25, -0.2) is 8.42 Å². The van der Waals surface area contributed by atoms with Gasteiger partial charge in [0.15, 0.2) is 0 Å². The average Bonchev–Trinajstić information content (AvgIpc) is 2.71. The Morgan fingerprint density at radius 3 is 2.23 bits per heavy atom. The van der Waals surface area contributed by atoms with Crippen LogP contribution in [0.5, 0.6) is 0 Å². The second-order valence-electron chi connectivity index (χ2n) is 6.67. The molecule has 0 aromatic heterocycles. The summed E-state index contributed by atoms with van der Waals surface area (Å²) < 4.78 is 25.7. The molecule has 2 aromatic rings. The first-order valence-electron chi connectivity index (χ1n) is 9.02. The Balaban J connectivity index is 2.38. The van der Waals surface area contributed by atoms with Crippen molar-refractivity contribution in [2.24, 2.45) is 0 Å². The van der Waals surface area contributed by atoms with E-state index in [9.17, 15) is 18.0 Å². The van der Waals surface area contributed by atoms with Crippen molar-refractivity contribution in [3.05, 3.63) is 64.1 Å². The van der Waals surface area contributed by atoms with E-state index in [-0.39, 0.29) is 28.2 Å². The van der Waals surface area contributed by atoms with Gasteiger partial charge in [-0.2, -0.15) is 0 Å². The predicted molar refractivity (Wildman–Crippen MR) is 119 cm³/mol. The molecule has 1 unspecified atom stereocenters. The second-order valence-corrected chi connectivity index (χ2v) is 9.39. The number of nitrogens with zero attached hydrogens (tertiary/aromatic N) is 2. The van der Waals surface area contributed by atoms with Crippen LogP contribution in [0.2, 0.25) is 10.0 Å². The molecule has 0 saturated heterocycles. The summed E-state index contributed by atoms with van der Waals surface area (Å²) >= 11 is 11.9. The molecule has 0 bridgehead atoms. The summed E-state index contributed by atoms with van der Waals surface area (Å²) in [6.07, 6.45) is 0.993. The molecule has 2 aromatic carbocycles. The van der Waals surface area contributed by atoms with E-state index < -0.39 is 28.5 Å². The molecule has 0 aliphatic rings. The van der Waals surface area contributed by atoms with Gasteiger partial charge < -0.3 is 10.2 Å². The zero-order valence-electron chi connectivity index (χ0n) is 16.8. The Morgan fingerprint density at radius 1 is 1.07 bits per heavy atom. The maximum absolute atomic E-state index is 13.2. The summed E-state index contributed by atoms with van der Waals surface area (Å²) in [7, 11) is -2.34. The van der Waals surface area contributed by atoms with Crippen molar-refractivity contribution in [1.29, 1.82) is 0 Å². The van der Waals surface area contributed by atoms with Crippen LogP contribution >= 0.6 is 23.2 Å². The molecular formula is C20H23Cl2N3O4S. The van der Waals surface area contributed by atoms with Crippen LogP contribution in [0, 0.1) is 0 Å². The summed E-state index contributed by atoms with van der Waals surface area (Å²) in [6, 6.07) is 12.6. The van der Waals surface area contributed by atoms with Crippen molar-refractivity contribution in [3.63, 3.8) is 0 Å². The predicted octanol–water partition coefficient (Wildman–Crippen LogP) is 2.92. The average molecular weight is 472 g/mol. The Kier molecular flexibility index (Phi) is 8.11. The van der Waals surface area contributed by atoms with Gasteiger partial charge in [-0.3, -0.25) is 13.9 Å². The fraction of sp³-hybridized carbons (Fsp3) is 0.300. The third-order valence-corrected chi connectivity index (χ3v) is 6.36. The van der Waals surface area contributed by atoms with Gasteiger partial charge in [0.05, 0.1) is 22.0 Å². The molecule has 2 amide bonds. The van der Waals surface area contributed by atoms with Crippen molar-refractivity contribution < 1.29 is 18.0 Å². The molecule has 1 N–H and O–H groups in total. The van der Waals surface area contributed by atoms with Crippen LogP contribution in [0.15, 0.2) is 48.5 Å². The molecule has 0 aliphatic carbocycles. The number of rotatable bonds is 8. The van der Waals surface area contributed by atoms with Crippen LogP contribution in [0.25, 0.3) is 0 Å². The molecule has 2 rings (SSSR count). The molecule has 1 atom stereocenters. The molecule has 162 valence electrons. The number of likely N-dealkylation sites (N-methyl/N-ethyl adjacent to an activating group) is 1. The maximum atomic E-state index is 13.2. The van der Waals surface area contributed by atoms with Gasteiger partial charge in [0.25, 0.3) is 0 Å². The number of carbonyl (C=O) groups is 2. The molecule has 10 heteroatoms. The SMILES string of the molecule is CNC(=O)C(C)N(Cc1ccccc1)C(=O)CN(c1ccc(Cl)c(Cl)c1)S(C)(=O)=O. The lowest BCUT2D eigenvalue weighted by molar-refractivity contribution is -0.139. The van der Waals surface area contributed by atoms with Crippen LogP contribution < -0.4 is 9.62 Å². The van der Waals surface area contributed by atoms with Crippen molar-refractivity contribution in [2.45, 2.75) is 19.5 Å². The second kappa shape index (κ2) is 10.1. The van der Waals surface area contributed by atoms with Gasteiger partial charge in [0.1, 0.15) is 12.6 Å². The number of amides is 2. The van der Waals surface area contributed by atoms with E-state index in [2.05, 4.69) is 5.32 Å². The highest BCUT2D eigenvalue weighted by molar-refractivity contribution is 7.92. The van der Waals surface area contributed by atoms with Crippen LogP contribution in [0.3, 0.4) is 0 Å². The third-order valence-electron chi connectivity index (χ3n) is 4.48. The van der Waals surface area contributed by atoms with E-state index >= 15 is 0 Å². The summed E-state index contributed by atoms with van der Waals surface area (Å²) in [6.45, 7) is 1.24. The lowest BCUT2D eigenvalue weighted by atomic mass is 10.1. The Labute approximate surface area is 186 Å². The topological polar surface area (TPSA) is 86.8 Å². The summed E-state index contributed by atoms with van der Waals surface area (Å²) in [5.41, 5.74) is 1.01. The lowest BCUT2D eigenvalue weighted by Gasteiger charge is -2.31. The molecule has 0 fully saturated rings. The van der Waals surface area contributed by atoms with E-state index in [1.165, 1.54) is 30.1 Å². The molecular weight excluding hydrogens is 449 g/mol. The minimum Gasteiger partial charge on any atom is -0.357 e. The van der Waals surface area contributed by atoms with Crippen molar-refractivity contribution in [1.82, 2.24) is 10.2 Å². The molecule has 0 radical (unpaired) electrons. The van der Waals surface area contributed by atoms with Crippen LogP contribution in [0.1, 0.15) is 12.5 Å². The van der Waals surface area contributed by atoms with E-state index in [1.54, 1.807) is 6.92 Å². The lowest BCUT2D eigenvalue weighted by Crippen LogP contribution is -2.50. The zero-order chi connectivity index (χ0) is 22.5. The number of benzene rings is 2. The number of anilines is 1. The Bertz CT molecular complexity index is 1020. The Hall–Kier alpha value is -2.29. The van der Waals surface area contributed by atoms with Crippen molar-refractivity contribution >= 4 is 50.7 Å². The van der Waals surface area contributed by atoms with E-state index in [1.807, 2.05) is 30.3 Å². The van der Waals surface area contributed by atoms with Gasteiger partial charge >= 0.3 is 0 Å². The molecule has 0 aliphatic heterocycles. The first kappa shape index (κ1) is 24.0. The van der Waals surface area contributed by atoms with Gasteiger partial charge in [-0.05, 0) is 30.7 Å². The van der Waals surface area contributed by atoms with E-state index in [0.29, 0.717) is 0 Å². The number of hydrogen-bond acceptors (Lipinski definition) is 4. The zero-order valence-corrected chi connectivity index (χ0v) is 19.1. The molecule has 0 spiro atoms. The summed E-state index contributed by atoms with van der Waals surface area (Å²) in [4.78, 5) is 26.7. The first-order chi connectivity index (χ1) is 14.0. The highest BCUT2D eigenvalue weighted by Crippen LogP contribution is 2.28. The standard InChI is InChI=1S/C20H23Cl2N3O4S/c1-14(20(27)23-2)24(12-15-7-5-4-6-8-15)19(26)13-25(30(3,28)29)16-9-10-17(21)18(22)11-16/h4-11,14H,12-13H2,1-3H3,(H,23,27). The first-order valence-corrected chi connectivity index (χ1v) is 11.6. The number of nitrogens with one attached hydrogen (secondary N) is 1. The fourth-order valence-electron chi connectivity index (χ4n) is 2.83.